The first kappa shape index (κ1) is 26.5. The van der Waals surface area contributed by atoms with Gasteiger partial charge in [-0.2, -0.15) is 0 Å². The van der Waals surface area contributed by atoms with Gasteiger partial charge in [-0.25, -0.2) is 4.98 Å². The lowest BCUT2D eigenvalue weighted by Crippen LogP contribution is -2.18. The van der Waals surface area contributed by atoms with E-state index < -0.39 is 0 Å². The van der Waals surface area contributed by atoms with Crippen LogP contribution in [0, 0.1) is 0 Å². The fourth-order valence-corrected chi connectivity index (χ4v) is 8.35. The Hall–Kier alpha value is -5.67. The number of benzene rings is 5. The number of aromatic nitrogens is 2. The summed E-state index contributed by atoms with van der Waals surface area (Å²) in [4.78, 5) is 5.36. The summed E-state index contributed by atoms with van der Waals surface area (Å²) in [6.45, 7) is 4.79. The minimum Gasteiger partial charge on any atom is -0.456 e. The van der Waals surface area contributed by atoms with Crippen LogP contribution >= 0.6 is 0 Å². The second-order valence-corrected chi connectivity index (χ2v) is 13.5. The maximum absolute atomic E-state index is 6.69. The molecule has 0 N–H and O–H groups in total. The van der Waals surface area contributed by atoms with Crippen molar-refractivity contribution in [3.63, 3.8) is 0 Å². The lowest BCUT2D eigenvalue weighted by Gasteiger charge is -2.26. The highest BCUT2D eigenvalue weighted by Crippen LogP contribution is 2.54. The Morgan fingerprint density at radius 3 is 2.26 bits per heavy atom. The molecule has 3 heterocycles. The van der Waals surface area contributed by atoms with Gasteiger partial charge in [0.25, 0.3) is 0 Å². The van der Waals surface area contributed by atoms with Crippen molar-refractivity contribution >= 4 is 49.3 Å². The standard InChI is InChI=1S/C44H32N2O/c1-44(2)35-19-11-9-17-30(35)32-21-22-39-42(43(32)44)34-25-38-33(26-40(34)47-39)31-18-10-12-20-37(31)46(38)41-24-29(27-13-5-3-6-14-27)23-36(45-41)28-15-7-4-8-16-28/h3-10,12-18,20-26H,11,19H2,1-2H3. The van der Waals surface area contributed by atoms with Gasteiger partial charge in [-0.05, 0) is 77.1 Å². The van der Waals surface area contributed by atoms with E-state index in [1.165, 1.54) is 33.0 Å². The molecule has 47 heavy (non-hydrogen) atoms. The molecule has 5 aromatic carbocycles. The average molecular weight is 605 g/mol. The second-order valence-electron chi connectivity index (χ2n) is 13.5. The number of rotatable bonds is 3. The Kier molecular flexibility index (Phi) is 5.46. The van der Waals surface area contributed by atoms with Gasteiger partial charge >= 0.3 is 0 Å². The number of fused-ring (bicyclic) bond motifs is 9. The molecule has 0 bridgehead atoms. The van der Waals surface area contributed by atoms with E-state index in [1.807, 2.05) is 0 Å². The number of hydrogen-bond acceptors (Lipinski definition) is 2. The van der Waals surface area contributed by atoms with Crippen LogP contribution in [0.3, 0.4) is 0 Å². The monoisotopic (exact) mass is 604 g/mol. The van der Waals surface area contributed by atoms with Crippen LogP contribution in [0.15, 0.2) is 143 Å². The van der Waals surface area contributed by atoms with Gasteiger partial charge in [0.2, 0.25) is 0 Å². The van der Waals surface area contributed by atoms with E-state index in [2.05, 4.69) is 152 Å². The third-order valence-electron chi connectivity index (χ3n) is 10.5. The lowest BCUT2D eigenvalue weighted by molar-refractivity contribution is 0.611. The highest BCUT2D eigenvalue weighted by Gasteiger charge is 2.39. The van der Waals surface area contributed by atoms with Gasteiger partial charge in [0.05, 0.1) is 16.7 Å². The summed E-state index contributed by atoms with van der Waals surface area (Å²) < 4.78 is 9.04. The van der Waals surface area contributed by atoms with Gasteiger partial charge in [-0.15, -0.1) is 0 Å². The van der Waals surface area contributed by atoms with Gasteiger partial charge in [0.15, 0.2) is 0 Å². The van der Waals surface area contributed by atoms with E-state index in [1.54, 1.807) is 5.57 Å². The van der Waals surface area contributed by atoms with Crippen LogP contribution in [0.1, 0.15) is 37.8 Å². The predicted octanol–water partition coefficient (Wildman–Crippen LogP) is 11.8. The van der Waals surface area contributed by atoms with Gasteiger partial charge in [0.1, 0.15) is 17.0 Å². The first-order chi connectivity index (χ1) is 23.1. The number of allylic oxidation sites excluding steroid dienone is 4. The van der Waals surface area contributed by atoms with E-state index in [4.69, 9.17) is 9.40 Å². The predicted molar refractivity (Wildman–Crippen MR) is 195 cm³/mol. The molecule has 0 unspecified atom stereocenters. The molecule has 8 aromatic rings. The van der Waals surface area contributed by atoms with E-state index in [9.17, 15) is 0 Å². The van der Waals surface area contributed by atoms with Crippen molar-refractivity contribution in [2.75, 3.05) is 0 Å². The Bertz CT molecular complexity index is 2570. The Balaban J connectivity index is 1.30. The van der Waals surface area contributed by atoms with Gasteiger partial charge in [-0.3, -0.25) is 4.57 Å². The maximum atomic E-state index is 6.69. The van der Waals surface area contributed by atoms with Crippen LogP contribution in [0.5, 0.6) is 0 Å². The van der Waals surface area contributed by atoms with Crippen molar-refractivity contribution in [2.45, 2.75) is 32.1 Å². The summed E-state index contributed by atoms with van der Waals surface area (Å²) in [5, 5.41) is 4.75. The normalized spacial score (nSPS) is 15.3. The SMILES string of the molecule is CC1(C)C2=C(C=CCC2)c2ccc3oc4cc5c6ccccc6n(-c6cc(-c7ccccc7)cc(-c7ccccc7)n6)c5cc4c3c21. The Morgan fingerprint density at radius 2 is 1.43 bits per heavy atom. The summed E-state index contributed by atoms with van der Waals surface area (Å²) in [5.41, 5.74) is 14.1. The molecule has 0 fully saturated rings. The molecule has 0 aliphatic heterocycles. The maximum Gasteiger partial charge on any atom is 0.138 e. The highest BCUT2D eigenvalue weighted by molar-refractivity contribution is 6.18. The second kappa shape index (κ2) is 9.67. The highest BCUT2D eigenvalue weighted by atomic mass is 16.3. The number of furan rings is 1. The third-order valence-corrected chi connectivity index (χ3v) is 10.5. The van der Waals surface area contributed by atoms with Crippen LogP contribution in [0.25, 0.3) is 77.5 Å². The van der Waals surface area contributed by atoms with Crippen molar-refractivity contribution in [2.24, 2.45) is 0 Å². The smallest absolute Gasteiger partial charge is 0.138 e. The molecule has 224 valence electrons. The van der Waals surface area contributed by atoms with Crippen molar-refractivity contribution in [3.8, 4) is 28.2 Å². The molecule has 0 atom stereocenters. The van der Waals surface area contributed by atoms with E-state index in [0.29, 0.717) is 0 Å². The quantitative estimate of drug-likeness (QED) is 0.201. The average Bonchev–Trinajstić information content (AvgIpc) is 3.72. The topological polar surface area (TPSA) is 31.0 Å². The summed E-state index contributed by atoms with van der Waals surface area (Å²) in [6, 6.07) is 43.3. The molecular formula is C44H32N2O. The molecule has 2 aliphatic rings. The summed E-state index contributed by atoms with van der Waals surface area (Å²) in [5.74, 6) is 0.899. The molecule has 2 aliphatic carbocycles. The van der Waals surface area contributed by atoms with E-state index in [-0.39, 0.29) is 5.41 Å². The van der Waals surface area contributed by atoms with E-state index in [0.717, 1.165) is 68.5 Å². The zero-order chi connectivity index (χ0) is 31.3. The molecule has 0 radical (unpaired) electrons. The summed E-state index contributed by atoms with van der Waals surface area (Å²) >= 11 is 0. The van der Waals surface area contributed by atoms with Crippen molar-refractivity contribution in [3.05, 3.63) is 150 Å². The molecule has 0 saturated carbocycles. The van der Waals surface area contributed by atoms with Gasteiger partial charge in [-0.1, -0.05) is 117 Å². The molecule has 3 aromatic heterocycles. The zero-order valence-electron chi connectivity index (χ0n) is 26.4. The summed E-state index contributed by atoms with van der Waals surface area (Å²) in [6.07, 6.45) is 6.87. The molecule has 10 rings (SSSR count). The summed E-state index contributed by atoms with van der Waals surface area (Å²) in [7, 11) is 0. The van der Waals surface area contributed by atoms with Gasteiger partial charge < -0.3 is 4.42 Å². The van der Waals surface area contributed by atoms with Gasteiger partial charge in [0, 0.05) is 32.5 Å². The molecule has 0 saturated heterocycles. The zero-order valence-corrected chi connectivity index (χ0v) is 26.4. The lowest BCUT2D eigenvalue weighted by atomic mass is 9.77. The minimum atomic E-state index is -0.0659. The number of nitrogens with zero attached hydrogens (tertiary/aromatic N) is 2. The third kappa shape index (κ3) is 3.77. The number of para-hydroxylation sites is 1. The van der Waals surface area contributed by atoms with Crippen LogP contribution in [-0.4, -0.2) is 9.55 Å². The van der Waals surface area contributed by atoms with Crippen LogP contribution < -0.4 is 0 Å². The number of hydrogen-bond donors (Lipinski definition) is 0. The van der Waals surface area contributed by atoms with Crippen LogP contribution in [0.2, 0.25) is 0 Å². The van der Waals surface area contributed by atoms with Crippen molar-refractivity contribution in [1.82, 2.24) is 9.55 Å². The number of pyridine rings is 1. The Morgan fingerprint density at radius 1 is 0.660 bits per heavy atom. The Labute approximate surface area is 273 Å². The largest absolute Gasteiger partial charge is 0.456 e. The first-order valence-corrected chi connectivity index (χ1v) is 16.5. The minimum absolute atomic E-state index is 0.0659. The molecular weight excluding hydrogens is 572 g/mol. The fourth-order valence-electron chi connectivity index (χ4n) is 8.35. The first-order valence-electron chi connectivity index (χ1n) is 16.5. The molecule has 0 spiro atoms. The van der Waals surface area contributed by atoms with E-state index >= 15 is 0 Å². The van der Waals surface area contributed by atoms with Crippen molar-refractivity contribution < 1.29 is 4.42 Å². The van der Waals surface area contributed by atoms with Crippen LogP contribution in [-0.2, 0) is 5.41 Å². The molecule has 3 heteroatoms. The van der Waals surface area contributed by atoms with Crippen LogP contribution in [0.4, 0.5) is 0 Å². The molecule has 3 nitrogen and oxygen atoms in total. The molecule has 0 amide bonds. The fraction of sp³-hybridized carbons (Fsp3) is 0.114. The van der Waals surface area contributed by atoms with Crippen molar-refractivity contribution in [1.29, 1.82) is 0 Å².